The van der Waals surface area contributed by atoms with E-state index in [4.69, 9.17) is 5.73 Å². The van der Waals surface area contributed by atoms with E-state index in [-0.39, 0.29) is 0 Å². The highest BCUT2D eigenvalue weighted by atomic mass is 16.3. The summed E-state index contributed by atoms with van der Waals surface area (Å²) in [5, 5.41) is 13.1. The zero-order chi connectivity index (χ0) is 11.3. The van der Waals surface area contributed by atoms with Crippen LogP contribution in [0.2, 0.25) is 0 Å². The maximum absolute atomic E-state index is 9.61. The summed E-state index contributed by atoms with van der Waals surface area (Å²) in [4.78, 5) is 0. The molecule has 0 amide bonds. The lowest BCUT2D eigenvalue weighted by molar-refractivity contribution is 0.0689. The highest BCUT2D eigenvalue weighted by Crippen LogP contribution is 2.23. The molecule has 0 radical (unpaired) electrons. The number of hydrogen-bond acceptors (Lipinski definition) is 3. The largest absolute Gasteiger partial charge is 0.390 e. The summed E-state index contributed by atoms with van der Waals surface area (Å²) in [5.41, 5.74) is 5.21. The van der Waals surface area contributed by atoms with E-state index >= 15 is 0 Å². The van der Waals surface area contributed by atoms with Gasteiger partial charge >= 0.3 is 0 Å². The molecule has 2 atom stereocenters. The second-order valence-corrected chi connectivity index (χ2v) is 5.40. The zero-order valence-corrected chi connectivity index (χ0v) is 10.1. The van der Waals surface area contributed by atoms with Crippen molar-refractivity contribution in [3.05, 3.63) is 0 Å². The van der Waals surface area contributed by atoms with Crippen molar-refractivity contribution in [2.24, 2.45) is 11.7 Å². The molecule has 0 saturated heterocycles. The Bertz CT molecular complexity index is 177. The number of hydrogen-bond donors (Lipinski definition) is 3. The van der Waals surface area contributed by atoms with Crippen LogP contribution in [-0.2, 0) is 0 Å². The second kappa shape index (κ2) is 5.83. The van der Waals surface area contributed by atoms with Crippen LogP contribution in [0.25, 0.3) is 0 Å². The Hall–Kier alpha value is -0.120. The van der Waals surface area contributed by atoms with Gasteiger partial charge in [0.05, 0.1) is 5.60 Å². The molecule has 1 rings (SSSR count). The average molecular weight is 214 g/mol. The summed E-state index contributed by atoms with van der Waals surface area (Å²) in [6.07, 6.45) is 5.95. The molecule has 1 aliphatic rings. The summed E-state index contributed by atoms with van der Waals surface area (Å²) in [6, 6.07) is 0.575. The maximum Gasteiger partial charge on any atom is 0.0603 e. The van der Waals surface area contributed by atoms with Gasteiger partial charge in [-0.3, -0.25) is 0 Å². The zero-order valence-electron chi connectivity index (χ0n) is 10.1. The number of nitrogens with one attached hydrogen (secondary N) is 1. The van der Waals surface area contributed by atoms with E-state index in [1.165, 1.54) is 25.7 Å². The van der Waals surface area contributed by atoms with Crippen molar-refractivity contribution >= 4 is 0 Å². The van der Waals surface area contributed by atoms with Crippen LogP contribution in [-0.4, -0.2) is 29.8 Å². The summed E-state index contributed by atoms with van der Waals surface area (Å²) in [5.74, 6) is 0.639. The molecule has 2 unspecified atom stereocenters. The third-order valence-corrected chi connectivity index (χ3v) is 3.36. The van der Waals surface area contributed by atoms with Gasteiger partial charge in [-0.05, 0) is 52.1 Å². The van der Waals surface area contributed by atoms with Crippen LogP contribution >= 0.6 is 0 Å². The molecule has 90 valence electrons. The standard InChI is InChI=1S/C12H26N2O/c1-12(2,15)7-8-14-11-6-4-3-5-10(11)9-13/h10-11,14-15H,3-9,13H2,1-2H3. The SMILES string of the molecule is CC(C)(O)CCNC1CCCCC1CN. The van der Waals surface area contributed by atoms with Gasteiger partial charge in [0.1, 0.15) is 0 Å². The molecule has 0 spiro atoms. The fourth-order valence-corrected chi connectivity index (χ4v) is 2.32. The predicted octanol–water partition coefficient (Wildman–Crippen LogP) is 1.25. The fraction of sp³-hybridized carbons (Fsp3) is 1.00. The molecule has 0 heterocycles. The van der Waals surface area contributed by atoms with Crippen molar-refractivity contribution in [1.82, 2.24) is 5.32 Å². The molecule has 3 nitrogen and oxygen atoms in total. The van der Waals surface area contributed by atoms with Crippen molar-refractivity contribution in [2.45, 2.75) is 57.6 Å². The lowest BCUT2D eigenvalue weighted by atomic mass is 9.84. The van der Waals surface area contributed by atoms with Crippen LogP contribution in [0.15, 0.2) is 0 Å². The lowest BCUT2D eigenvalue weighted by Gasteiger charge is -2.32. The molecule has 0 aromatic carbocycles. The van der Waals surface area contributed by atoms with E-state index < -0.39 is 5.60 Å². The smallest absolute Gasteiger partial charge is 0.0603 e. The van der Waals surface area contributed by atoms with Crippen molar-refractivity contribution in [3.8, 4) is 0 Å². The monoisotopic (exact) mass is 214 g/mol. The minimum atomic E-state index is -0.556. The molecule has 0 bridgehead atoms. The van der Waals surface area contributed by atoms with E-state index in [1.54, 1.807) is 0 Å². The van der Waals surface area contributed by atoms with Crippen LogP contribution in [0.3, 0.4) is 0 Å². The lowest BCUT2D eigenvalue weighted by Crippen LogP contribution is -2.43. The first kappa shape index (κ1) is 12.9. The molecular weight excluding hydrogens is 188 g/mol. The molecule has 0 aromatic heterocycles. The van der Waals surface area contributed by atoms with Gasteiger partial charge in [-0.15, -0.1) is 0 Å². The predicted molar refractivity (Wildman–Crippen MR) is 63.7 cm³/mol. The Morgan fingerprint density at radius 3 is 2.60 bits per heavy atom. The first-order valence-corrected chi connectivity index (χ1v) is 6.19. The molecule has 3 heteroatoms. The molecule has 0 aliphatic heterocycles. The topological polar surface area (TPSA) is 58.3 Å². The number of nitrogens with two attached hydrogens (primary N) is 1. The van der Waals surface area contributed by atoms with E-state index in [1.807, 2.05) is 13.8 Å². The quantitative estimate of drug-likeness (QED) is 0.645. The van der Waals surface area contributed by atoms with Crippen LogP contribution in [0.1, 0.15) is 46.0 Å². The van der Waals surface area contributed by atoms with E-state index in [0.717, 1.165) is 19.5 Å². The summed E-state index contributed by atoms with van der Waals surface area (Å²) in [7, 11) is 0. The minimum Gasteiger partial charge on any atom is -0.390 e. The molecule has 1 saturated carbocycles. The van der Waals surface area contributed by atoms with Crippen molar-refractivity contribution in [1.29, 1.82) is 0 Å². The summed E-state index contributed by atoms with van der Waals surface area (Å²) in [6.45, 7) is 5.40. The van der Waals surface area contributed by atoms with Crippen LogP contribution in [0, 0.1) is 5.92 Å². The van der Waals surface area contributed by atoms with Crippen molar-refractivity contribution in [3.63, 3.8) is 0 Å². The molecular formula is C12H26N2O. The van der Waals surface area contributed by atoms with E-state index in [9.17, 15) is 5.11 Å². The van der Waals surface area contributed by atoms with Crippen molar-refractivity contribution < 1.29 is 5.11 Å². The van der Waals surface area contributed by atoms with Crippen LogP contribution in [0.5, 0.6) is 0 Å². The summed E-state index contributed by atoms with van der Waals surface area (Å²) >= 11 is 0. The van der Waals surface area contributed by atoms with Gasteiger partial charge in [-0.25, -0.2) is 0 Å². The number of aliphatic hydroxyl groups is 1. The van der Waals surface area contributed by atoms with Gasteiger partial charge in [-0.1, -0.05) is 12.8 Å². The highest BCUT2D eigenvalue weighted by Gasteiger charge is 2.23. The van der Waals surface area contributed by atoms with Crippen molar-refractivity contribution in [2.75, 3.05) is 13.1 Å². The Labute approximate surface area is 93.4 Å². The van der Waals surface area contributed by atoms with E-state index in [2.05, 4.69) is 5.32 Å². The number of rotatable bonds is 5. The maximum atomic E-state index is 9.61. The molecule has 0 aromatic rings. The third-order valence-electron chi connectivity index (χ3n) is 3.36. The molecule has 1 aliphatic carbocycles. The fourth-order valence-electron chi connectivity index (χ4n) is 2.32. The highest BCUT2D eigenvalue weighted by molar-refractivity contribution is 4.82. The molecule has 1 fully saturated rings. The first-order valence-electron chi connectivity index (χ1n) is 6.19. The van der Waals surface area contributed by atoms with Gasteiger partial charge in [0.2, 0.25) is 0 Å². The Balaban J connectivity index is 2.23. The van der Waals surface area contributed by atoms with Gasteiger partial charge in [0.15, 0.2) is 0 Å². The van der Waals surface area contributed by atoms with Gasteiger partial charge in [-0.2, -0.15) is 0 Å². The summed E-state index contributed by atoms with van der Waals surface area (Å²) < 4.78 is 0. The van der Waals surface area contributed by atoms with Gasteiger partial charge < -0.3 is 16.2 Å². The normalized spacial score (nSPS) is 28.0. The molecule has 4 N–H and O–H groups in total. The average Bonchev–Trinajstić information content (AvgIpc) is 2.16. The molecule has 15 heavy (non-hydrogen) atoms. The third kappa shape index (κ3) is 4.96. The van der Waals surface area contributed by atoms with Gasteiger partial charge in [0, 0.05) is 6.04 Å². The van der Waals surface area contributed by atoms with Gasteiger partial charge in [0.25, 0.3) is 0 Å². The first-order chi connectivity index (χ1) is 7.03. The Morgan fingerprint density at radius 2 is 2.00 bits per heavy atom. The second-order valence-electron chi connectivity index (χ2n) is 5.40. The van der Waals surface area contributed by atoms with E-state index in [0.29, 0.717) is 12.0 Å². The Kier molecular flexibility index (Phi) is 5.03. The minimum absolute atomic E-state index is 0.556. The van der Waals surface area contributed by atoms with Crippen LogP contribution in [0.4, 0.5) is 0 Å². The Morgan fingerprint density at radius 1 is 1.33 bits per heavy atom. The van der Waals surface area contributed by atoms with Crippen LogP contribution < -0.4 is 11.1 Å².